The minimum Gasteiger partial charge on any atom is -0.394 e. The molecule has 0 aromatic rings. The van der Waals surface area contributed by atoms with Gasteiger partial charge in [0, 0.05) is 27.7 Å². The first-order valence-electron chi connectivity index (χ1n) is 39.0. The lowest BCUT2D eigenvalue weighted by Crippen LogP contribution is -2.71. The number of hydrogen-bond donors (Lipinski definition) is 31. The maximum Gasteiger partial charge on any atom is 0.217 e. The number of carbonyl (C=O) groups is 4. The molecule has 31 N–H and O–H groups in total. The van der Waals surface area contributed by atoms with Crippen LogP contribution in [0.15, 0.2) is 0 Å². The van der Waals surface area contributed by atoms with Crippen LogP contribution in [0.25, 0.3) is 0 Å². The van der Waals surface area contributed by atoms with Gasteiger partial charge in [0.25, 0.3) is 0 Å². The molecule has 4 amide bonds. The molecule has 0 saturated carbocycles. The van der Waals surface area contributed by atoms with Crippen LogP contribution in [0.3, 0.4) is 0 Å². The van der Waals surface area contributed by atoms with Gasteiger partial charge in [-0.1, -0.05) is 0 Å². The molecule has 0 aromatic carbocycles. The molecule has 54 nitrogen and oxygen atoms in total. The zero-order valence-electron chi connectivity index (χ0n) is 65.7. The first-order valence-corrected chi connectivity index (χ1v) is 39.0. The third-order valence-electron chi connectivity index (χ3n) is 22.4. The molecule has 10 rings (SSSR count). The SMILES string of the molecule is CC(=O)N[C@@H]1[C@@H](O)[C@H](O[C@@H]2O[C@H](CO)[C@@H](O[C@@H]3O[C@H](CO[C@H]4O[C@H](CO)[C@@H](O)[C@H](O)[C@@H]4O[C@@H]4O[C@H](CO)[C@@H](O[C@@H]5O[C@H](CO)[C@H](O)[C@H](O)[C@H]5O)[C@H](O)[C@H]4NC(C)=O)[C@@H](O)[C@H](O[C@H]4O[C@H](CO)[C@@H](O)[C@H](O)[C@@H]4O[C@@H]4O[C@H](CO)[C@@H](O[C@@H]5O[C@H](CO)[C@H](O)[C@H](O)[C@H]5O)[C@H](O)[C@H]4NC(C)=O)[C@@H]3O)[C@H](O)[C@H]2NC(C)=O)[C@@H](CO[C@H]2O[C@H](C)[C@H](O)[C@H](O)[C@H]2O)O[C@@H]1O. The van der Waals surface area contributed by atoms with Crippen LogP contribution in [0.1, 0.15) is 34.6 Å². The van der Waals surface area contributed by atoms with Crippen molar-refractivity contribution in [3.05, 3.63) is 0 Å². The van der Waals surface area contributed by atoms with E-state index in [2.05, 4.69) is 21.3 Å². The Morgan fingerprint density at radius 3 is 0.893 bits per heavy atom. The third kappa shape index (κ3) is 22.0. The Morgan fingerprint density at radius 1 is 0.230 bits per heavy atom. The predicted molar refractivity (Wildman–Crippen MR) is 375 cm³/mol. The van der Waals surface area contributed by atoms with Crippen molar-refractivity contribution in [1.29, 1.82) is 0 Å². The molecule has 54 heteroatoms. The number of hydrogen-bond acceptors (Lipinski definition) is 50. The zero-order valence-corrected chi connectivity index (χ0v) is 65.7. The predicted octanol–water partition coefficient (Wildman–Crippen LogP) is -21.2. The second-order valence-corrected chi connectivity index (χ2v) is 31.0. The van der Waals surface area contributed by atoms with Gasteiger partial charge in [0.1, 0.15) is 238 Å². The maximum absolute atomic E-state index is 13.3. The number of ether oxygens (including phenoxy) is 19. The molecule has 0 aliphatic carbocycles. The molecular weight excluding hydrogens is 1670 g/mol. The second-order valence-electron chi connectivity index (χ2n) is 31.0. The molecule has 0 spiro atoms. The van der Waals surface area contributed by atoms with Crippen LogP contribution in [-0.4, -0.2) is 528 Å². The van der Waals surface area contributed by atoms with Crippen LogP contribution < -0.4 is 21.3 Å². The van der Waals surface area contributed by atoms with Crippen molar-refractivity contribution in [1.82, 2.24) is 21.3 Å². The molecule has 0 radical (unpaired) electrons. The Kier molecular flexibility index (Phi) is 35.8. The van der Waals surface area contributed by atoms with E-state index >= 15 is 0 Å². The van der Waals surface area contributed by atoms with Gasteiger partial charge >= 0.3 is 0 Å². The lowest BCUT2D eigenvalue weighted by molar-refractivity contribution is -0.399. The summed E-state index contributed by atoms with van der Waals surface area (Å²) in [5, 5.41) is 310. The van der Waals surface area contributed by atoms with Crippen molar-refractivity contribution in [3.63, 3.8) is 0 Å². The average Bonchev–Trinajstić information content (AvgIpc) is 0.770. The van der Waals surface area contributed by atoms with Gasteiger partial charge in [0.05, 0.1) is 65.6 Å². The van der Waals surface area contributed by atoms with Gasteiger partial charge < -0.3 is 249 Å². The molecule has 10 aliphatic rings. The summed E-state index contributed by atoms with van der Waals surface area (Å²) in [6.07, 6.45) is -95.2. The van der Waals surface area contributed by atoms with E-state index in [-0.39, 0.29) is 0 Å². The van der Waals surface area contributed by atoms with E-state index in [1.807, 2.05) is 0 Å². The Balaban J connectivity index is 0.983. The van der Waals surface area contributed by atoms with E-state index < -0.39 is 390 Å². The van der Waals surface area contributed by atoms with Gasteiger partial charge in [0.15, 0.2) is 62.9 Å². The topological polar surface area (TPSA) is 838 Å². The van der Waals surface area contributed by atoms with Crippen molar-refractivity contribution < 1.29 is 247 Å². The summed E-state index contributed by atoms with van der Waals surface area (Å²) < 4.78 is 113. The summed E-state index contributed by atoms with van der Waals surface area (Å²) in [6.45, 7) is -4.83. The summed E-state index contributed by atoms with van der Waals surface area (Å²) >= 11 is 0. The Morgan fingerprint density at radius 2 is 0.500 bits per heavy atom. The molecule has 0 unspecified atom stereocenters. The van der Waals surface area contributed by atoms with Crippen molar-refractivity contribution in [2.45, 2.75) is 341 Å². The van der Waals surface area contributed by atoms with Crippen LogP contribution in [0.2, 0.25) is 0 Å². The molecule has 122 heavy (non-hydrogen) atoms. The molecule has 706 valence electrons. The molecule has 10 heterocycles. The number of amides is 4. The van der Waals surface area contributed by atoms with E-state index in [0.29, 0.717) is 0 Å². The number of rotatable bonds is 31. The Bertz CT molecular complexity index is 3290. The fourth-order valence-electron chi connectivity index (χ4n) is 15.8. The average molecular weight is 1790 g/mol. The molecule has 50 atom stereocenters. The maximum atomic E-state index is 13.3. The van der Waals surface area contributed by atoms with Crippen molar-refractivity contribution in [3.8, 4) is 0 Å². The van der Waals surface area contributed by atoms with Crippen molar-refractivity contribution in [2.75, 3.05) is 59.5 Å². The van der Waals surface area contributed by atoms with Crippen LogP contribution in [0.5, 0.6) is 0 Å². The highest BCUT2D eigenvalue weighted by Crippen LogP contribution is 2.41. The van der Waals surface area contributed by atoms with Gasteiger partial charge in [-0.15, -0.1) is 0 Å². The highest BCUT2D eigenvalue weighted by molar-refractivity contribution is 5.74. The second kappa shape index (κ2) is 43.6. The molecule has 10 fully saturated rings. The largest absolute Gasteiger partial charge is 0.394 e. The minimum atomic E-state index is -2.63. The van der Waals surface area contributed by atoms with E-state index in [9.17, 15) is 157 Å². The summed E-state index contributed by atoms with van der Waals surface area (Å²) in [6, 6.07) is -7.69. The van der Waals surface area contributed by atoms with E-state index in [0.717, 1.165) is 27.7 Å². The summed E-state index contributed by atoms with van der Waals surface area (Å²) in [4.78, 5) is 51.6. The van der Waals surface area contributed by atoms with Crippen LogP contribution >= 0.6 is 0 Å². The number of carbonyl (C=O) groups excluding carboxylic acids is 4. The molecule has 10 aliphatic heterocycles. The molecular formula is C68H114N4O50. The highest BCUT2D eigenvalue weighted by Gasteiger charge is 2.62. The van der Waals surface area contributed by atoms with Gasteiger partial charge in [-0.25, -0.2) is 0 Å². The van der Waals surface area contributed by atoms with Crippen molar-refractivity contribution in [2.24, 2.45) is 0 Å². The van der Waals surface area contributed by atoms with Gasteiger partial charge in [0.2, 0.25) is 23.6 Å². The molecule has 0 bridgehead atoms. The molecule has 10 saturated heterocycles. The normalized spacial score (nSPS) is 49.7. The third-order valence-corrected chi connectivity index (χ3v) is 22.4. The van der Waals surface area contributed by atoms with Crippen molar-refractivity contribution >= 4 is 23.6 Å². The van der Waals surface area contributed by atoms with E-state index in [1.54, 1.807) is 0 Å². The van der Waals surface area contributed by atoms with Gasteiger partial charge in [-0.05, 0) is 6.92 Å². The fourth-order valence-corrected chi connectivity index (χ4v) is 15.8. The van der Waals surface area contributed by atoms with Crippen LogP contribution in [0, 0.1) is 0 Å². The standard InChI is InChI=1S/C68H114N4O50/c1-15-33(84)43(94)48(99)63(106-15)104-14-28-55(39(90)29(59(103)107-28)69-16(2)80)116-60-30(70-17(3)81)40(91)54(26(12-79)112-60)119-66-51(102)56(120-68-58(47(98)37(88)23(9-76)111-68)122-62-32(72-19(5)83)42(93)53(25(11-78)114-62)118-65-50(101)45(96)35(86)21(7-74)109-65)38(89)27(115-66)13-105-67-57(46(97)36(87)22(8-75)110-67)121-61-31(71-18(4)82)41(92)52(24(10-77)113-61)117-64-49(100)44(95)34(85)20(6-73)108-64/h15,20-68,73-79,84-103H,6-14H2,1-5H3,(H,69,80)(H,70,81)(H,71,82)(H,72,83)/t15-,20-,21-,22-,23-,24-,25-,26-,27-,28-,29-,30-,31-,32-,33+,34+,35+,36-,37-,38-,39-,40-,41-,42-,43+,44+,45+,46+,47+,48-,49-,50-,51+,52-,53-,54-,55-,56+,57+,58+,59+,60+,61+,62+,63+,64+,65+,66+,67+,68-/m1/s1. The minimum absolute atomic E-state index is 0.846. The summed E-state index contributed by atoms with van der Waals surface area (Å²) in [5.41, 5.74) is 0. The zero-order chi connectivity index (χ0) is 89.8. The Hall–Kier alpha value is -3.96. The quantitative estimate of drug-likeness (QED) is 0.0306. The fraction of sp³-hybridized carbons (Fsp3) is 0.941. The van der Waals surface area contributed by atoms with E-state index in [1.165, 1.54) is 6.92 Å². The first-order chi connectivity index (χ1) is 57.7. The lowest BCUT2D eigenvalue weighted by atomic mass is 9.93. The molecule has 0 aromatic heterocycles. The lowest BCUT2D eigenvalue weighted by Gasteiger charge is -2.51. The van der Waals surface area contributed by atoms with E-state index in [4.69, 9.17) is 90.0 Å². The first kappa shape index (κ1) is 100. The van der Waals surface area contributed by atoms with Gasteiger partial charge in [-0.3, -0.25) is 19.2 Å². The number of aliphatic hydroxyl groups is 27. The Labute approximate surface area is 691 Å². The van der Waals surface area contributed by atoms with Crippen LogP contribution in [-0.2, 0) is 109 Å². The number of aliphatic hydroxyl groups excluding tert-OH is 27. The summed E-state index contributed by atoms with van der Waals surface area (Å²) in [7, 11) is 0. The van der Waals surface area contributed by atoms with Crippen LogP contribution in [0.4, 0.5) is 0 Å². The monoisotopic (exact) mass is 1790 g/mol. The number of nitrogens with one attached hydrogen (secondary N) is 4. The van der Waals surface area contributed by atoms with Gasteiger partial charge in [-0.2, -0.15) is 0 Å². The summed E-state index contributed by atoms with van der Waals surface area (Å²) in [5.74, 6) is -3.76. The highest BCUT2D eigenvalue weighted by atomic mass is 16.8. The smallest absolute Gasteiger partial charge is 0.217 e.